The van der Waals surface area contributed by atoms with E-state index in [9.17, 15) is 4.79 Å². The summed E-state index contributed by atoms with van der Waals surface area (Å²) in [5, 5.41) is 0. The predicted octanol–water partition coefficient (Wildman–Crippen LogP) is 7.43. The Balaban J connectivity index is 1.54. The first-order valence-electron chi connectivity index (χ1n) is 12.5. The Morgan fingerprint density at radius 3 is 2.18 bits per heavy atom. The van der Waals surface area contributed by atoms with Crippen LogP contribution in [0.4, 0.5) is 0 Å². The number of Topliss-reactive ketones (excluding diaryl/α,β-unsaturated/α-hetero) is 1. The van der Waals surface area contributed by atoms with Crippen LogP contribution in [-0.2, 0) is 4.79 Å². The molecule has 8 atom stereocenters. The highest BCUT2D eigenvalue weighted by atomic mass is 16.1. The lowest BCUT2D eigenvalue weighted by molar-refractivity contribution is -0.230. The van der Waals surface area contributed by atoms with E-state index < -0.39 is 0 Å². The highest BCUT2D eigenvalue weighted by Crippen LogP contribution is 2.76. The molecule has 0 aliphatic heterocycles. The summed E-state index contributed by atoms with van der Waals surface area (Å²) in [7, 11) is 0. The molecule has 0 amide bonds. The van der Waals surface area contributed by atoms with Crippen molar-refractivity contribution in [2.45, 2.75) is 112 Å². The van der Waals surface area contributed by atoms with Crippen molar-refractivity contribution < 1.29 is 4.79 Å². The zero-order valence-electron chi connectivity index (χ0n) is 19.5. The summed E-state index contributed by atoms with van der Waals surface area (Å²) in [4.78, 5) is 12.8. The van der Waals surface area contributed by atoms with Crippen molar-refractivity contribution in [3.05, 3.63) is 0 Å². The van der Waals surface area contributed by atoms with Crippen LogP contribution < -0.4 is 0 Å². The van der Waals surface area contributed by atoms with Gasteiger partial charge in [-0.3, -0.25) is 4.79 Å². The fourth-order valence-corrected chi connectivity index (χ4v) is 10.7. The molecule has 0 N–H and O–H groups in total. The molecule has 1 nitrogen and oxygen atoms in total. The molecule has 5 unspecified atom stereocenters. The lowest BCUT2D eigenvalue weighted by atomic mass is 9.32. The molecular weight excluding hydrogens is 340 g/mol. The van der Waals surface area contributed by atoms with Gasteiger partial charge in [0.05, 0.1) is 0 Å². The number of ketones is 1. The molecule has 1 heteroatoms. The summed E-state index contributed by atoms with van der Waals surface area (Å²) >= 11 is 0. The first-order valence-corrected chi connectivity index (χ1v) is 12.5. The molecule has 28 heavy (non-hydrogen) atoms. The molecule has 0 spiro atoms. The van der Waals surface area contributed by atoms with E-state index in [2.05, 4.69) is 41.5 Å². The quantitative estimate of drug-likeness (QED) is 0.424. The number of hydrogen-bond acceptors (Lipinski definition) is 1. The van der Waals surface area contributed by atoms with E-state index in [0.717, 1.165) is 30.6 Å². The Bertz CT molecular complexity index is 692. The monoisotopic (exact) mass is 384 g/mol. The van der Waals surface area contributed by atoms with Gasteiger partial charge in [-0.25, -0.2) is 0 Å². The van der Waals surface area contributed by atoms with Gasteiger partial charge in [0, 0.05) is 11.8 Å². The van der Waals surface area contributed by atoms with E-state index in [1.54, 1.807) is 0 Å². The molecule has 0 aromatic heterocycles. The summed E-state index contributed by atoms with van der Waals surface area (Å²) in [6.07, 6.45) is 14.9. The molecule has 0 radical (unpaired) electrons. The maximum Gasteiger partial charge on any atom is 0.138 e. The molecule has 5 aliphatic rings. The van der Waals surface area contributed by atoms with Crippen LogP contribution in [0.25, 0.3) is 0 Å². The molecule has 0 bridgehead atoms. The highest BCUT2D eigenvalue weighted by molar-refractivity contribution is 5.85. The van der Waals surface area contributed by atoms with Crippen LogP contribution in [0.3, 0.4) is 0 Å². The van der Waals surface area contributed by atoms with Gasteiger partial charge in [0.25, 0.3) is 0 Å². The van der Waals surface area contributed by atoms with Crippen LogP contribution in [0.5, 0.6) is 0 Å². The molecular formula is C27H44O. The van der Waals surface area contributed by atoms with Gasteiger partial charge in [0.1, 0.15) is 5.78 Å². The van der Waals surface area contributed by atoms with Crippen molar-refractivity contribution in [2.24, 2.45) is 50.7 Å². The van der Waals surface area contributed by atoms with Gasteiger partial charge < -0.3 is 0 Å². The molecule has 0 aromatic carbocycles. The minimum atomic E-state index is -0.108. The van der Waals surface area contributed by atoms with Crippen molar-refractivity contribution in [3.63, 3.8) is 0 Å². The van der Waals surface area contributed by atoms with Gasteiger partial charge in [-0.2, -0.15) is 0 Å². The van der Waals surface area contributed by atoms with Gasteiger partial charge in [0.2, 0.25) is 0 Å². The summed E-state index contributed by atoms with van der Waals surface area (Å²) in [6, 6.07) is 0. The van der Waals surface area contributed by atoms with Crippen LogP contribution in [-0.4, -0.2) is 5.78 Å². The second kappa shape index (κ2) is 5.67. The lowest BCUT2D eigenvalue weighted by Gasteiger charge is -2.72. The molecule has 0 aromatic rings. The maximum atomic E-state index is 12.8. The number of hydrogen-bond donors (Lipinski definition) is 0. The van der Waals surface area contributed by atoms with Gasteiger partial charge >= 0.3 is 0 Å². The van der Waals surface area contributed by atoms with Crippen LogP contribution in [0.15, 0.2) is 0 Å². The molecule has 5 aliphatic carbocycles. The van der Waals surface area contributed by atoms with E-state index in [-0.39, 0.29) is 5.41 Å². The third-order valence-electron chi connectivity index (χ3n) is 12.5. The van der Waals surface area contributed by atoms with E-state index in [4.69, 9.17) is 0 Å². The Hall–Kier alpha value is -0.330. The zero-order chi connectivity index (χ0) is 20.2. The van der Waals surface area contributed by atoms with Crippen molar-refractivity contribution in [2.75, 3.05) is 0 Å². The van der Waals surface area contributed by atoms with Gasteiger partial charge in [-0.05, 0) is 103 Å². The largest absolute Gasteiger partial charge is 0.299 e. The van der Waals surface area contributed by atoms with Crippen LogP contribution >= 0.6 is 0 Å². The second-order valence-electron chi connectivity index (χ2n) is 13.5. The minimum Gasteiger partial charge on any atom is -0.299 e. The summed E-state index contributed by atoms with van der Waals surface area (Å²) in [6.45, 7) is 15.2. The fraction of sp³-hybridized carbons (Fsp3) is 0.963. The Morgan fingerprint density at radius 1 is 0.679 bits per heavy atom. The molecule has 0 saturated heterocycles. The van der Waals surface area contributed by atoms with Gasteiger partial charge in [-0.1, -0.05) is 48.0 Å². The summed E-state index contributed by atoms with van der Waals surface area (Å²) < 4.78 is 0. The van der Waals surface area contributed by atoms with Gasteiger partial charge in [-0.15, -0.1) is 0 Å². The van der Waals surface area contributed by atoms with Crippen LogP contribution in [0.1, 0.15) is 112 Å². The van der Waals surface area contributed by atoms with E-state index >= 15 is 0 Å². The Labute approximate surface area is 173 Å². The molecule has 5 rings (SSSR count). The van der Waals surface area contributed by atoms with Crippen molar-refractivity contribution in [3.8, 4) is 0 Å². The average Bonchev–Trinajstić information content (AvgIpc) is 3.01. The molecule has 5 fully saturated rings. The highest BCUT2D eigenvalue weighted by Gasteiger charge is 2.69. The fourth-order valence-electron chi connectivity index (χ4n) is 10.7. The predicted molar refractivity (Wildman–Crippen MR) is 116 cm³/mol. The first kappa shape index (κ1) is 19.6. The zero-order valence-corrected chi connectivity index (χ0v) is 19.5. The average molecular weight is 385 g/mol. The number of carbonyl (C=O) groups excluding carboxylic acids is 1. The summed E-state index contributed by atoms with van der Waals surface area (Å²) in [5.74, 6) is 3.89. The third kappa shape index (κ3) is 2.13. The molecule has 5 saturated carbocycles. The van der Waals surface area contributed by atoms with E-state index in [1.807, 2.05) is 0 Å². The topological polar surface area (TPSA) is 17.1 Å². The van der Waals surface area contributed by atoms with Crippen molar-refractivity contribution in [1.82, 2.24) is 0 Å². The Morgan fingerprint density at radius 2 is 1.43 bits per heavy atom. The lowest BCUT2D eigenvalue weighted by Crippen LogP contribution is -2.65. The summed E-state index contributed by atoms with van der Waals surface area (Å²) in [5.41, 5.74) is 1.90. The second-order valence-corrected chi connectivity index (χ2v) is 13.5. The first-order chi connectivity index (χ1) is 13.0. The number of rotatable bonds is 0. The Kier molecular flexibility index (Phi) is 3.97. The van der Waals surface area contributed by atoms with E-state index in [1.165, 1.54) is 57.8 Å². The smallest absolute Gasteiger partial charge is 0.138 e. The van der Waals surface area contributed by atoms with Crippen molar-refractivity contribution in [1.29, 1.82) is 0 Å². The van der Waals surface area contributed by atoms with Crippen LogP contribution in [0, 0.1) is 50.7 Å². The minimum absolute atomic E-state index is 0.108. The van der Waals surface area contributed by atoms with Gasteiger partial charge in [0.15, 0.2) is 0 Å². The standard InChI is InChI=1S/C27H44O/c1-23(2)20-11-15-27(6)21(25(20,4)14-12-22(23)28)10-9-19-18-8-7-13-24(18,3)16-17-26(19,27)5/h18-21H,7-17H2,1-6H3/t18?,19?,20?,21?,24-,25+,26?,27-/m1/s1. The number of carbonyl (C=O) groups is 1. The molecule has 0 heterocycles. The molecule has 158 valence electrons. The number of fused-ring (bicyclic) bond motifs is 7. The van der Waals surface area contributed by atoms with E-state index in [0.29, 0.717) is 33.4 Å². The van der Waals surface area contributed by atoms with Crippen LogP contribution in [0.2, 0.25) is 0 Å². The SMILES string of the molecule is CC1(C)C(=O)CC[C@@]2(C)C1CC[C@]1(C)C2CCC2C3CCC[C@]3(C)CCC21C. The maximum absolute atomic E-state index is 12.8. The third-order valence-corrected chi connectivity index (χ3v) is 12.5. The normalized spacial score (nSPS) is 57.7. The van der Waals surface area contributed by atoms with Crippen molar-refractivity contribution >= 4 is 5.78 Å².